The number of hydrogen-bond acceptors (Lipinski definition) is 1. The molecule has 1 aliphatic rings. The van der Waals surface area contributed by atoms with Crippen LogP contribution in [-0.2, 0) is 4.43 Å². The van der Waals surface area contributed by atoms with Gasteiger partial charge in [0.1, 0.15) is 5.76 Å². The zero-order valence-corrected chi connectivity index (χ0v) is 16.8. The lowest BCUT2D eigenvalue weighted by atomic mass is 9.95. The van der Waals surface area contributed by atoms with Crippen molar-refractivity contribution in [3.8, 4) is 11.1 Å². The van der Waals surface area contributed by atoms with Crippen molar-refractivity contribution in [1.82, 2.24) is 0 Å². The molecule has 0 aliphatic carbocycles. The predicted octanol–water partition coefficient (Wildman–Crippen LogP) is 7.13. The van der Waals surface area contributed by atoms with Crippen LogP contribution in [0, 0.1) is 5.92 Å². The zero-order valence-electron chi connectivity index (χ0n) is 15.8. The minimum Gasteiger partial charge on any atom is -0.544 e. The molecule has 1 atom stereocenters. The molecule has 2 aromatic rings. The van der Waals surface area contributed by atoms with E-state index in [1.807, 2.05) is 0 Å². The van der Waals surface area contributed by atoms with Crippen LogP contribution in [0.3, 0.4) is 0 Å². The fraction of sp³-hybridized carbons (Fsp3) is 0.391. The highest BCUT2D eigenvalue weighted by molar-refractivity contribution is 6.71. The van der Waals surface area contributed by atoms with Crippen molar-refractivity contribution in [3.05, 3.63) is 66.2 Å². The Balaban J connectivity index is 1.89. The van der Waals surface area contributed by atoms with E-state index in [1.54, 1.807) is 0 Å². The van der Waals surface area contributed by atoms with Crippen LogP contribution in [0.15, 0.2) is 60.7 Å². The summed E-state index contributed by atoms with van der Waals surface area (Å²) in [5.41, 5.74) is 3.75. The average Bonchev–Trinajstić information content (AvgIpc) is 2.60. The molecule has 0 saturated carbocycles. The summed E-state index contributed by atoms with van der Waals surface area (Å²) in [5.74, 6) is 1.77. The third kappa shape index (κ3) is 4.85. The van der Waals surface area contributed by atoms with Gasteiger partial charge in [0.15, 0.2) is 0 Å². The van der Waals surface area contributed by atoms with Gasteiger partial charge >= 0.3 is 0 Å². The van der Waals surface area contributed by atoms with Crippen molar-refractivity contribution in [2.24, 2.45) is 5.92 Å². The summed E-state index contributed by atoms with van der Waals surface area (Å²) in [6.45, 7) is 6.97. The maximum absolute atomic E-state index is 6.59. The van der Waals surface area contributed by atoms with Gasteiger partial charge in [-0.3, -0.25) is 0 Å². The summed E-state index contributed by atoms with van der Waals surface area (Å²) < 4.78 is 6.59. The summed E-state index contributed by atoms with van der Waals surface area (Å²) in [5, 5.41) is 0. The molecule has 1 aliphatic heterocycles. The summed E-state index contributed by atoms with van der Waals surface area (Å²) >= 11 is 0. The molecular weight excluding hydrogens is 320 g/mol. The molecule has 1 unspecified atom stereocenters. The summed E-state index contributed by atoms with van der Waals surface area (Å²) in [6, 6.07) is 20.7. The maximum Gasteiger partial charge on any atom is 0.245 e. The molecule has 0 amide bonds. The molecule has 1 heterocycles. The molecule has 2 aromatic carbocycles. The quantitative estimate of drug-likeness (QED) is 0.533. The van der Waals surface area contributed by atoms with Gasteiger partial charge in [0.05, 0.1) is 0 Å². The van der Waals surface area contributed by atoms with Crippen LogP contribution in [0.4, 0.5) is 0 Å². The molecule has 0 fully saturated rings. The van der Waals surface area contributed by atoms with Gasteiger partial charge < -0.3 is 4.43 Å². The van der Waals surface area contributed by atoms with Crippen molar-refractivity contribution in [3.63, 3.8) is 0 Å². The molecule has 3 rings (SSSR count). The summed E-state index contributed by atoms with van der Waals surface area (Å²) in [4.78, 5) is 0. The summed E-state index contributed by atoms with van der Waals surface area (Å²) in [7, 11) is -1.62. The minimum atomic E-state index is -1.62. The second-order valence-electron chi connectivity index (χ2n) is 7.78. The van der Waals surface area contributed by atoms with Gasteiger partial charge in [0, 0.05) is 5.56 Å². The molecule has 0 radical (unpaired) electrons. The lowest BCUT2D eigenvalue weighted by Gasteiger charge is -2.30. The number of rotatable bonds is 4. The van der Waals surface area contributed by atoms with Gasteiger partial charge in [-0.05, 0) is 55.1 Å². The average molecular weight is 351 g/mol. The first kappa shape index (κ1) is 18.0. The van der Waals surface area contributed by atoms with E-state index in [0.29, 0.717) is 5.92 Å². The smallest absolute Gasteiger partial charge is 0.245 e. The van der Waals surface area contributed by atoms with E-state index < -0.39 is 8.32 Å². The Morgan fingerprint density at radius 1 is 0.920 bits per heavy atom. The monoisotopic (exact) mass is 350 g/mol. The number of allylic oxidation sites excluding steroid dienone is 1. The number of hydrogen-bond donors (Lipinski definition) is 0. The van der Waals surface area contributed by atoms with Gasteiger partial charge in [0.25, 0.3) is 0 Å². The van der Waals surface area contributed by atoms with Crippen LogP contribution in [-0.4, -0.2) is 8.32 Å². The maximum atomic E-state index is 6.59. The Kier molecular flexibility index (Phi) is 5.80. The molecule has 0 N–H and O–H groups in total. The first-order valence-electron chi connectivity index (χ1n) is 9.64. The fourth-order valence-corrected chi connectivity index (χ4v) is 5.62. The van der Waals surface area contributed by atoms with Crippen molar-refractivity contribution in [2.75, 3.05) is 0 Å². The fourth-order valence-electron chi connectivity index (χ4n) is 3.68. The highest BCUT2D eigenvalue weighted by atomic mass is 28.4. The van der Waals surface area contributed by atoms with Crippen LogP contribution in [0.1, 0.15) is 38.2 Å². The van der Waals surface area contributed by atoms with E-state index >= 15 is 0 Å². The van der Waals surface area contributed by atoms with E-state index in [9.17, 15) is 0 Å². The van der Waals surface area contributed by atoms with Crippen molar-refractivity contribution >= 4 is 14.1 Å². The van der Waals surface area contributed by atoms with Crippen LogP contribution >= 0.6 is 0 Å². The van der Waals surface area contributed by atoms with Crippen molar-refractivity contribution < 1.29 is 4.43 Å². The zero-order chi connectivity index (χ0) is 17.7. The number of benzene rings is 2. The Morgan fingerprint density at radius 3 is 2.24 bits per heavy atom. The third-order valence-electron chi connectivity index (χ3n) is 5.06. The highest BCUT2D eigenvalue weighted by Gasteiger charge is 2.28. The SMILES string of the molecule is CCCC1/C=C(/c2ccc(-c3ccccc3)cc2)O[Si](C)(C)CCC1. The molecule has 25 heavy (non-hydrogen) atoms. The minimum absolute atomic E-state index is 0.652. The van der Waals surface area contributed by atoms with E-state index in [1.165, 1.54) is 48.4 Å². The second kappa shape index (κ2) is 8.05. The summed E-state index contributed by atoms with van der Waals surface area (Å²) in [6.07, 6.45) is 7.52. The Labute approximate surface area is 153 Å². The molecule has 1 nitrogen and oxygen atoms in total. The lowest BCUT2D eigenvalue weighted by Crippen LogP contribution is -2.30. The first-order chi connectivity index (χ1) is 12.1. The van der Waals surface area contributed by atoms with Gasteiger partial charge in [-0.1, -0.05) is 74.4 Å². The van der Waals surface area contributed by atoms with Gasteiger partial charge in [-0.15, -0.1) is 0 Å². The molecule has 0 bridgehead atoms. The van der Waals surface area contributed by atoms with Crippen LogP contribution in [0.25, 0.3) is 16.9 Å². The second-order valence-corrected chi connectivity index (χ2v) is 12.0. The molecule has 0 aromatic heterocycles. The molecule has 2 heteroatoms. The van der Waals surface area contributed by atoms with Gasteiger partial charge in [-0.25, -0.2) is 0 Å². The van der Waals surface area contributed by atoms with Crippen LogP contribution < -0.4 is 0 Å². The van der Waals surface area contributed by atoms with E-state index in [4.69, 9.17) is 4.43 Å². The standard InChI is InChI=1S/C23H30OSi/c1-4-9-19-10-8-17-25(2,3)24-23(18-19)22-15-13-21(14-16-22)20-11-6-5-7-12-20/h5-7,11-16,18-19H,4,8-10,17H2,1-3H3/b23-18-. The highest BCUT2D eigenvalue weighted by Crippen LogP contribution is 2.33. The normalized spacial score (nSPS) is 22.2. The lowest BCUT2D eigenvalue weighted by molar-refractivity contribution is 0.452. The molecule has 0 spiro atoms. The predicted molar refractivity (Wildman–Crippen MR) is 111 cm³/mol. The van der Waals surface area contributed by atoms with E-state index in [-0.39, 0.29) is 0 Å². The van der Waals surface area contributed by atoms with Crippen LogP contribution in [0.5, 0.6) is 0 Å². The Morgan fingerprint density at radius 2 is 1.56 bits per heavy atom. The molecule has 132 valence electrons. The topological polar surface area (TPSA) is 9.23 Å². The molecule has 0 saturated heterocycles. The van der Waals surface area contributed by atoms with E-state index in [2.05, 4.69) is 80.7 Å². The van der Waals surface area contributed by atoms with Crippen molar-refractivity contribution in [2.45, 2.75) is 51.7 Å². The molecular formula is C23H30OSi. The van der Waals surface area contributed by atoms with Gasteiger partial charge in [-0.2, -0.15) is 0 Å². The Bertz CT molecular complexity index is 701. The largest absolute Gasteiger partial charge is 0.544 e. The van der Waals surface area contributed by atoms with Crippen LogP contribution in [0.2, 0.25) is 19.1 Å². The van der Waals surface area contributed by atoms with Crippen molar-refractivity contribution in [1.29, 1.82) is 0 Å². The first-order valence-corrected chi connectivity index (χ1v) is 12.8. The third-order valence-corrected chi connectivity index (χ3v) is 7.39. The van der Waals surface area contributed by atoms with E-state index in [0.717, 1.165) is 5.76 Å². The Hall–Kier alpha value is -1.80. The van der Waals surface area contributed by atoms with Gasteiger partial charge in [0.2, 0.25) is 8.32 Å².